The first-order chi connectivity index (χ1) is 14.5. The van der Waals surface area contributed by atoms with Crippen molar-refractivity contribution < 1.29 is 14.3 Å². The molecule has 4 heteroatoms. The molecule has 0 amide bonds. The maximum absolute atomic E-state index is 12.5. The van der Waals surface area contributed by atoms with Crippen LogP contribution in [0.5, 0.6) is 11.5 Å². The molecule has 0 spiro atoms. The molecule has 2 aromatic rings. The zero-order valence-corrected chi connectivity index (χ0v) is 18.2. The molecular weight excluding hydrogens is 374 g/mol. The number of hydrogen-bond acceptors (Lipinski definition) is 4. The lowest BCUT2D eigenvalue weighted by Gasteiger charge is -2.47. The summed E-state index contributed by atoms with van der Waals surface area (Å²) < 4.78 is 11.2. The molecule has 2 bridgehead atoms. The van der Waals surface area contributed by atoms with E-state index in [0.29, 0.717) is 18.3 Å². The highest BCUT2D eigenvalue weighted by Gasteiger charge is 2.43. The van der Waals surface area contributed by atoms with Gasteiger partial charge in [-0.3, -0.25) is 4.79 Å². The second-order valence-corrected chi connectivity index (χ2v) is 9.05. The quantitative estimate of drug-likeness (QED) is 0.562. The van der Waals surface area contributed by atoms with Crippen molar-refractivity contribution in [3.8, 4) is 11.5 Å². The summed E-state index contributed by atoms with van der Waals surface area (Å²) in [7, 11) is 0. The van der Waals surface area contributed by atoms with Crippen LogP contribution in [-0.4, -0.2) is 18.6 Å². The molecule has 0 aromatic heterocycles. The molecule has 4 nitrogen and oxygen atoms in total. The Kier molecular flexibility index (Phi) is 6.14. The number of esters is 1. The maximum atomic E-state index is 12.5. The predicted molar refractivity (Wildman–Crippen MR) is 119 cm³/mol. The number of nitrogens with two attached hydrogens (primary N) is 1. The van der Waals surface area contributed by atoms with Crippen LogP contribution in [0.3, 0.4) is 0 Å². The van der Waals surface area contributed by atoms with E-state index in [9.17, 15) is 4.79 Å². The zero-order valence-electron chi connectivity index (χ0n) is 18.2. The van der Waals surface area contributed by atoms with Crippen molar-refractivity contribution in [2.24, 2.45) is 11.7 Å². The Morgan fingerprint density at radius 1 is 1.10 bits per heavy atom. The van der Waals surface area contributed by atoms with Gasteiger partial charge in [0.05, 0.1) is 13.0 Å². The summed E-state index contributed by atoms with van der Waals surface area (Å²) in [4.78, 5) is 12.5. The Hall–Kier alpha value is -2.33. The van der Waals surface area contributed by atoms with E-state index in [2.05, 4.69) is 19.1 Å². The molecule has 160 valence electrons. The molecule has 1 saturated carbocycles. The number of benzene rings is 2. The van der Waals surface area contributed by atoms with Gasteiger partial charge in [-0.2, -0.15) is 0 Å². The fraction of sp³-hybridized carbons (Fsp3) is 0.500. The van der Waals surface area contributed by atoms with Gasteiger partial charge in [-0.05, 0) is 73.1 Å². The second-order valence-electron chi connectivity index (χ2n) is 9.05. The lowest BCUT2D eigenvalue weighted by atomic mass is 9.60. The minimum Gasteiger partial charge on any atom is -0.494 e. The third-order valence-corrected chi connectivity index (χ3v) is 7.01. The standard InChI is InChI=1S/C26H33NO3/c1-3-29-21-11-8-18(9-12-21)15-24(28)30-22-13-10-19-16-20-7-5-4-6-14-26(2,25(20)27)23(19)17-22/h8-13,17,20,25H,3-7,14-16,27H2,1-2H3/t20-,25-,26+/m0/s1. The van der Waals surface area contributed by atoms with Gasteiger partial charge in [-0.25, -0.2) is 0 Å². The SMILES string of the molecule is CCOc1ccc(CC(=O)Oc2ccc3c(c2)[C@@]2(C)CCCCC[C@@H](C3)[C@@H]2N)cc1. The van der Waals surface area contributed by atoms with Crippen LogP contribution >= 0.6 is 0 Å². The highest BCUT2D eigenvalue weighted by atomic mass is 16.5. The molecule has 2 aliphatic carbocycles. The monoisotopic (exact) mass is 407 g/mol. The number of hydrogen-bond donors (Lipinski definition) is 1. The summed E-state index contributed by atoms with van der Waals surface area (Å²) >= 11 is 0. The van der Waals surface area contributed by atoms with Crippen molar-refractivity contribution in [1.82, 2.24) is 0 Å². The number of carbonyl (C=O) groups excluding carboxylic acids is 1. The molecule has 0 unspecified atom stereocenters. The average molecular weight is 408 g/mol. The van der Waals surface area contributed by atoms with Gasteiger partial charge in [-0.15, -0.1) is 0 Å². The zero-order chi connectivity index (χ0) is 21.1. The van der Waals surface area contributed by atoms with Crippen molar-refractivity contribution in [3.63, 3.8) is 0 Å². The normalized spacial score (nSPS) is 25.6. The third-order valence-electron chi connectivity index (χ3n) is 7.01. The Bertz CT molecular complexity index is 892. The Morgan fingerprint density at radius 2 is 1.87 bits per heavy atom. The minimum absolute atomic E-state index is 0.0454. The van der Waals surface area contributed by atoms with Gasteiger partial charge < -0.3 is 15.2 Å². The average Bonchev–Trinajstić information content (AvgIpc) is 2.73. The molecule has 3 atom stereocenters. The summed E-state index contributed by atoms with van der Waals surface area (Å²) in [6, 6.07) is 13.9. The Morgan fingerprint density at radius 3 is 2.63 bits per heavy atom. The van der Waals surface area contributed by atoms with Crippen LogP contribution in [0, 0.1) is 5.92 Å². The van der Waals surface area contributed by atoms with Crippen LogP contribution in [0.15, 0.2) is 42.5 Å². The first-order valence-corrected chi connectivity index (χ1v) is 11.3. The lowest BCUT2D eigenvalue weighted by Crippen LogP contribution is -2.52. The molecule has 2 N–H and O–H groups in total. The summed E-state index contributed by atoms with van der Waals surface area (Å²) in [5.74, 6) is 1.74. The molecule has 30 heavy (non-hydrogen) atoms. The molecule has 1 fully saturated rings. The van der Waals surface area contributed by atoms with E-state index >= 15 is 0 Å². The number of rotatable bonds is 5. The van der Waals surface area contributed by atoms with E-state index < -0.39 is 0 Å². The van der Waals surface area contributed by atoms with Gasteiger partial charge >= 0.3 is 5.97 Å². The predicted octanol–water partition coefficient (Wildman–Crippen LogP) is 4.95. The van der Waals surface area contributed by atoms with E-state index in [1.807, 2.05) is 37.3 Å². The Balaban J connectivity index is 1.50. The number of ether oxygens (including phenoxy) is 2. The van der Waals surface area contributed by atoms with E-state index in [1.54, 1.807) is 0 Å². The first-order valence-electron chi connectivity index (χ1n) is 11.3. The molecule has 4 rings (SSSR count). The topological polar surface area (TPSA) is 61.5 Å². The largest absolute Gasteiger partial charge is 0.494 e. The van der Waals surface area contributed by atoms with Crippen LogP contribution in [0.25, 0.3) is 0 Å². The van der Waals surface area contributed by atoms with Gasteiger partial charge in [0, 0.05) is 11.5 Å². The summed E-state index contributed by atoms with van der Waals surface area (Å²) in [6.07, 6.45) is 7.36. The fourth-order valence-electron chi connectivity index (χ4n) is 5.30. The van der Waals surface area contributed by atoms with E-state index in [-0.39, 0.29) is 23.8 Å². The van der Waals surface area contributed by atoms with Crippen LogP contribution in [0.4, 0.5) is 0 Å². The van der Waals surface area contributed by atoms with Gasteiger partial charge in [-0.1, -0.05) is 44.4 Å². The molecule has 2 aliphatic rings. The molecule has 0 aliphatic heterocycles. The van der Waals surface area contributed by atoms with Crippen molar-refractivity contribution in [2.45, 2.75) is 70.3 Å². The van der Waals surface area contributed by atoms with Crippen LogP contribution < -0.4 is 15.2 Å². The lowest BCUT2D eigenvalue weighted by molar-refractivity contribution is -0.133. The number of carbonyl (C=O) groups is 1. The smallest absolute Gasteiger partial charge is 0.315 e. The second kappa shape index (κ2) is 8.81. The summed E-state index contributed by atoms with van der Waals surface area (Å²) in [6.45, 7) is 4.89. The molecule has 2 aromatic carbocycles. The first kappa shape index (κ1) is 20.9. The van der Waals surface area contributed by atoms with Crippen molar-refractivity contribution in [3.05, 3.63) is 59.2 Å². The van der Waals surface area contributed by atoms with Gasteiger partial charge in [0.15, 0.2) is 0 Å². The molecule has 0 saturated heterocycles. The van der Waals surface area contributed by atoms with Crippen LogP contribution in [0.2, 0.25) is 0 Å². The van der Waals surface area contributed by atoms with Crippen molar-refractivity contribution in [2.75, 3.05) is 6.61 Å². The maximum Gasteiger partial charge on any atom is 0.315 e. The molecule has 0 radical (unpaired) electrons. The van der Waals surface area contributed by atoms with Gasteiger partial charge in [0.25, 0.3) is 0 Å². The summed E-state index contributed by atoms with van der Waals surface area (Å²) in [5, 5.41) is 0. The van der Waals surface area contributed by atoms with E-state index in [1.165, 1.54) is 36.8 Å². The van der Waals surface area contributed by atoms with Crippen molar-refractivity contribution in [1.29, 1.82) is 0 Å². The summed E-state index contributed by atoms with van der Waals surface area (Å²) in [5.41, 5.74) is 10.3. The third kappa shape index (κ3) is 4.24. The van der Waals surface area contributed by atoms with Crippen LogP contribution in [0.1, 0.15) is 62.6 Å². The molecular formula is C26H33NO3. The van der Waals surface area contributed by atoms with Gasteiger partial charge in [0.2, 0.25) is 0 Å². The van der Waals surface area contributed by atoms with Crippen LogP contribution in [-0.2, 0) is 23.1 Å². The number of fused-ring (bicyclic) bond motifs is 4. The fourth-order valence-corrected chi connectivity index (χ4v) is 5.30. The Labute approximate surface area is 179 Å². The molecule has 0 heterocycles. The minimum atomic E-state index is -0.250. The van der Waals surface area contributed by atoms with Gasteiger partial charge in [0.1, 0.15) is 11.5 Å². The van der Waals surface area contributed by atoms with E-state index in [0.717, 1.165) is 24.2 Å². The highest BCUT2D eigenvalue weighted by Crippen LogP contribution is 2.46. The van der Waals surface area contributed by atoms with E-state index in [4.69, 9.17) is 15.2 Å². The van der Waals surface area contributed by atoms with Crippen molar-refractivity contribution >= 4 is 5.97 Å². The highest BCUT2D eigenvalue weighted by molar-refractivity contribution is 5.75.